The number of halogens is 1. The van der Waals surface area contributed by atoms with Crippen LogP contribution in [0, 0.1) is 0 Å². The molecule has 1 heterocycles. The number of nitrogens with one attached hydrogen (secondary N) is 2. The minimum Gasteiger partial charge on any atom is -0.385 e. The SMILES string of the molecule is COCC[C@H](NC(=O)[C@H]1CCCc2[nH]ncc21)c1ccc(Cl)cc1. The maximum atomic E-state index is 12.9. The van der Waals surface area contributed by atoms with Gasteiger partial charge in [-0.15, -0.1) is 0 Å². The van der Waals surface area contributed by atoms with Gasteiger partial charge >= 0.3 is 0 Å². The fraction of sp³-hybridized carbons (Fsp3) is 0.444. The Morgan fingerprint density at radius 2 is 2.25 bits per heavy atom. The van der Waals surface area contributed by atoms with Gasteiger partial charge in [0, 0.05) is 30.0 Å². The summed E-state index contributed by atoms with van der Waals surface area (Å²) in [6.45, 7) is 0.579. The second-order valence-corrected chi connectivity index (χ2v) is 6.58. The Bertz CT molecular complexity index is 684. The number of aromatic nitrogens is 2. The molecule has 0 saturated heterocycles. The van der Waals surface area contributed by atoms with E-state index in [0.717, 1.165) is 42.5 Å². The second-order valence-electron chi connectivity index (χ2n) is 6.14. The van der Waals surface area contributed by atoms with Crippen LogP contribution in [0.1, 0.15) is 48.0 Å². The summed E-state index contributed by atoms with van der Waals surface area (Å²) >= 11 is 5.97. The smallest absolute Gasteiger partial charge is 0.228 e. The summed E-state index contributed by atoms with van der Waals surface area (Å²) in [5.41, 5.74) is 3.15. The Balaban J connectivity index is 1.75. The molecule has 1 aliphatic rings. The molecule has 24 heavy (non-hydrogen) atoms. The minimum atomic E-state index is -0.134. The summed E-state index contributed by atoms with van der Waals surface area (Å²) < 4.78 is 5.20. The summed E-state index contributed by atoms with van der Waals surface area (Å²) in [5, 5.41) is 11.0. The molecular formula is C18H22ClN3O2. The predicted octanol–water partition coefficient (Wildman–Crippen LogP) is 3.38. The van der Waals surface area contributed by atoms with E-state index < -0.39 is 0 Å². The molecule has 0 fully saturated rings. The van der Waals surface area contributed by atoms with E-state index >= 15 is 0 Å². The van der Waals surface area contributed by atoms with Crippen LogP contribution in [0.25, 0.3) is 0 Å². The lowest BCUT2D eigenvalue weighted by molar-refractivity contribution is -0.123. The number of fused-ring (bicyclic) bond motifs is 1. The maximum Gasteiger partial charge on any atom is 0.228 e. The van der Waals surface area contributed by atoms with Crippen LogP contribution in [0.2, 0.25) is 5.02 Å². The van der Waals surface area contributed by atoms with Crippen LogP contribution in [-0.4, -0.2) is 29.8 Å². The number of nitrogens with zero attached hydrogens (tertiary/aromatic N) is 1. The van der Waals surface area contributed by atoms with Gasteiger partial charge in [0.25, 0.3) is 0 Å². The van der Waals surface area contributed by atoms with Crippen LogP contribution in [0.4, 0.5) is 0 Å². The molecule has 1 amide bonds. The van der Waals surface area contributed by atoms with E-state index in [2.05, 4.69) is 15.5 Å². The molecule has 0 saturated carbocycles. The number of rotatable bonds is 6. The molecule has 0 radical (unpaired) electrons. The molecule has 0 aliphatic heterocycles. The van der Waals surface area contributed by atoms with Gasteiger partial charge in [-0.1, -0.05) is 23.7 Å². The van der Waals surface area contributed by atoms with Crippen LogP contribution in [-0.2, 0) is 16.0 Å². The Morgan fingerprint density at radius 1 is 1.46 bits per heavy atom. The Kier molecular flexibility index (Phi) is 5.53. The van der Waals surface area contributed by atoms with E-state index in [1.165, 1.54) is 0 Å². The Hall–Kier alpha value is -1.85. The highest BCUT2D eigenvalue weighted by molar-refractivity contribution is 6.30. The first-order valence-corrected chi connectivity index (χ1v) is 8.63. The summed E-state index contributed by atoms with van der Waals surface area (Å²) in [4.78, 5) is 12.9. The van der Waals surface area contributed by atoms with Gasteiger partial charge in [0.2, 0.25) is 5.91 Å². The summed E-state index contributed by atoms with van der Waals surface area (Å²) in [6.07, 6.45) is 5.32. The van der Waals surface area contributed by atoms with Crippen LogP contribution < -0.4 is 5.32 Å². The van der Waals surface area contributed by atoms with Gasteiger partial charge in [-0.2, -0.15) is 5.10 Å². The van der Waals surface area contributed by atoms with Crippen molar-refractivity contribution in [1.82, 2.24) is 15.5 Å². The van der Waals surface area contributed by atoms with Gasteiger partial charge in [0.05, 0.1) is 18.2 Å². The van der Waals surface area contributed by atoms with E-state index in [0.29, 0.717) is 11.6 Å². The summed E-state index contributed by atoms with van der Waals surface area (Å²) in [5.74, 6) is -0.0850. The van der Waals surface area contributed by atoms with Crippen molar-refractivity contribution in [2.75, 3.05) is 13.7 Å². The third-order valence-electron chi connectivity index (χ3n) is 4.56. The second kappa shape index (κ2) is 7.81. The third-order valence-corrected chi connectivity index (χ3v) is 4.81. The Morgan fingerprint density at radius 3 is 3.00 bits per heavy atom. The molecule has 2 aromatic rings. The van der Waals surface area contributed by atoms with Crippen molar-refractivity contribution in [2.45, 2.75) is 37.6 Å². The summed E-state index contributed by atoms with van der Waals surface area (Å²) in [6, 6.07) is 7.50. The largest absolute Gasteiger partial charge is 0.385 e. The molecule has 5 nitrogen and oxygen atoms in total. The zero-order chi connectivity index (χ0) is 16.9. The fourth-order valence-electron chi connectivity index (χ4n) is 3.26. The number of hydrogen-bond acceptors (Lipinski definition) is 3. The number of carbonyl (C=O) groups is 1. The molecule has 2 atom stereocenters. The van der Waals surface area contributed by atoms with Crippen LogP contribution in [0.15, 0.2) is 30.5 Å². The molecular weight excluding hydrogens is 326 g/mol. The van der Waals surface area contributed by atoms with Gasteiger partial charge in [0.15, 0.2) is 0 Å². The number of aryl methyl sites for hydroxylation is 1. The average molecular weight is 348 g/mol. The number of H-pyrrole nitrogens is 1. The highest BCUT2D eigenvalue weighted by Gasteiger charge is 2.29. The van der Waals surface area contributed by atoms with Crippen molar-refractivity contribution in [3.05, 3.63) is 52.3 Å². The first kappa shape index (κ1) is 17.0. The molecule has 1 aliphatic carbocycles. The molecule has 0 bridgehead atoms. The number of carbonyl (C=O) groups excluding carboxylic acids is 1. The van der Waals surface area contributed by atoms with Crippen molar-refractivity contribution in [3.8, 4) is 0 Å². The molecule has 0 unspecified atom stereocenters. The molecule has 1 aromatic carbocycles. The third kappa shape index (κ3) is 3.79. The number of hydrogen-bond donors (Lipinski definition) is 2. The molecule has 3 rings (SSSR count). The van der Waals surface area contributed by atoms with Crippen LogP contribution in [0.5, 0.6) is 0 Å². The molecule has 128 valence electrons. The minimum absolute atomic E-state index is 0.0494. The average Bonchev–Trinajstić information content (AvgIpc) is 3.08. The normalized spacial score (nSPS) is 18.0. The van der Waals surface area contributed by atoms with Gasteiger partial charge in [-0.05, 0) is 43.4 Å². The van der Waals surface area contributed by atoms with Crippen molar-refractivity contribution in [3.63, 3.8) is 0 Å². The van der Waals surface area contributed by atoms with Crippen molar-refractivity contribution in [2.24, 2.45) is 0 Å². The number of amides is 1. The fourth-order valence-corrected chi connectivity index (χ4v) is 3.38. The number of ether oxygens (including phenoxy) is 1. The predicted molar refractivity (Wildman–Crippen MR) is 93.1 cm³/mol. The van der Waals surface area contributed by atoms with Gasteiger partial charge in [-0.3, -0.25) is 9.89 Å². The van der Waals surface area contributed by atoms with Gasteiger partial charge in [0.1, 0.15) is 0 Å². The van der Waals surface area contributed by atoms with E-state index in [9.17, 15) is 4.79 Å². The monoisotopic (exact) mass is 347 g/mol. The first-order valence-electron chi connectivity index (χ1n) is 8.26. The lowest BCUT2D eigenvalue weighted by atomic mass is 9.86. The van der Waals surface area contributed by atoms with Crippen LogP contribution >= 0.6 is 11.6 Å². The van der Waals surface area contributed by atoms with Crippen molar-refractivity contribution < 1.29 is 9.53 Å². The maximum absolute atomic E-state index is 12.9. The van der Waals surface area contributed by atoms with E-state index in [-0.39, 0.29) is 17.9 Å². The number of aromatic amines is 1. The molecule has 6 heteroatoms. The highest BCUT2D eigenvalue weighted by Crippen LogP contribution is 2.31. The highest BCUT2D eigenvalue weighted by atomic mass is 35.5. The molecule has 0 spiro atoms. The van der Waals surface area contributed by atoms with E-state index in [1.807, 2.05) is 24.3 Å². The zero-order valence-corrected chi connectivity index (χ0v) is 14.5. The summed E-state index contributed by atoms with van der Waals surface area (Å²) in [7, 11) is 1.67. The Labute approximate surface area is 146 Å². The van der Waals surface area contributed by atoms with E-state index in [1.54, 1.807) is 13.3 Å². The number of benzene rings is 1. The number of methoxy groups -OCH3 is 1. The van der Waals surface area contributed by atoms with Gasteiger partial charge < -0.3 is 10.1 Å². The standard InChI is InChI=1S/C18H22ClN3O2/c1-24-10-9-16(12-5-7-13(19)8-6-12)21-18(23)14-3-2-4-17-15(14)11-20-22-17/h5-8,11,14,16H,2-4,9-10H2,1H3,(H,20,22)(H,21,23)/t14-,16-/m0/s1. The van der Waals surface area contributed by atoms with Crippen LogP contribution in [0.3, 0.4) is 0 Å². The zero-order valence-electron chi connectivity index (χ0n) is 13.7. The van der Waals surface area contributed by atoms with Crippen molar-refractivity contribution >= 4 is 17.5 Å². The quantitative estimate of drug-likeness (QED) is 0.841. The molecule has 1 aromatic heterocycles. The van der Waals surface area contributed by atoms with Gasteiger partial charge in [-0.25, -0.2) is 0 Å². The topological polar surface area (TPSA) is 67.0 Å². The lowest BCUT2D eigenvalue weighted by Gasteiger charge is -2.25. The van der Waals surface area contributed by atoms with E-state index in [4.69, 9.17) is 16.3 Å². The lowest BCUT2D eigenvalue weighted by Crippen LogP contribution is -2.34. The first-order chi connectivity index (χ1) is 11.7. The van der Waals surface area contributed by atoms with Crippen molar-refractivity contribution in [1.29, 1.82) is 0 Å². The molecule has 2 N–H and O–H groups in total.